The lowest BCUT2D eigenvalue weighted by atomic mass is 9.85. The van der Waals surface area contributed by atoms with Gasteiger partial charge in [-0.3, -0.25) is 0 Å². The minimum Gasteiger partial charge on any atom is -0.384 e. The molecular weight excluding hydrogens is 262 g/mol. The van der Waals surface area contributed by atoms with E-state index in [0.29, 0.717) is 5.82 Å². The Labute approximate surface area is 114 Å². The third-order valence-corrected chi connectivity index (χ3v) is 5.32. The Morgan fingerprint density at radius 1 is 1.32 bits per heavy atom. The fraction of sp³-hybridized carbons (Fsp3) is 0.615. The topological polar surface area (TPSA) is 85.1 Å². The summed E-state index contributed by atoms with van der Waals surface area (Å²) in [5.41, 5.74) is 5.46. The highest BCUT2D eigenvalue weighted by Gasteiger charge is 2.25. The van der Waals surface area contributed by atoms with Gasteiger partial charge in [0, 0.05) is 12.2 Å². The molecule has 1 aromatic heterocycles. The van der Waals surface area contributed by atoms with E-state index in [4.69, 9.17) is 5.73 Å². The SMILES string of the molecule is CCC1CCC(NS(=O)(=O)c2ccc(N)nc2)CC1. The molecule has 5 nitrogen and oxygen atoms in total. The molecular formula is C13H21N3O2S. The molecule has 1 saturated carbocycles. The summed E-state index contributed by atoms with van der Waals surface area (Å²) in [6.45, 7) is 2.19. The standard InChI is InChI=1S/C13H21N3O2S/c1-2-10-3-5-11(6-4-10)16-19(17,18)12-7-8-13(14)15-9-12/h7-11,16H,2-6H2,1H3,(H2,14,15). The first-order valence-electron chi connectivity index (χ1n) is 6.75. The van der Waals surface area contributed by atoms with Gasteiger partial charge in [0.2, 0.25) is 10.0 Å². The number of pyridine rings is 1. The maximum atomic E-state index is 12.2. The Bertz CT molecular complexity index is 505. The van der Waals surface area contributed by atoms with Gasteiger partial charge < -0.3 is 5.73 Å². The minimum atomic E-state index is -3.47. The van der Waals surface area contributed by atoms with Crippen LogP contribution < -0.4 is 10.5 Å². The van der Waals surface area contributed by atoms with Gasteiger partial charge in [0.1, 0.15) is 10.7 Å². The van der Waals surface area contributed by atoms with E-state index in [-0.39, 0.29) is 10.9 Å². The Balaban J connectivity index is 2.00. The molecule has 2 rings (SSSR count). The lowest BCUT2D eigenvalue weighted by molar-refractivity contribution is 0.306. The number of aromatic nitrogens is 1. The minimum absolute atomic E-state index is 0.0466. The zero-order valence-electron chi connectivity index (χ0n) is 11.2. The van der Waals surface area contributed by atoms with E-state index in [0.717, 1.165) is 31.6 Å². The fourth-order valence-electron chi connectivity index (χ4n) is 2.53. The molecule has 0 atom stereocenters. The van der Waals surface area contributed by atoms with Crippen molar-refractivity contribution in [1.82, 2.24) is 9.71 Å². The van der Waals surface area contributed by atoms with Gasteiger partial charge in [-0.1, -0.05) is 13.3 Å². The Hall–Kier alpha value is -1.14. The molecule has 0 unspecified atom stereocenters. The van der Waals surface area contributed by atoms with Crippen LogP contribution in [0.1, 0.15) is 39.0 Å². The molecule has 0 bridgehead atoms. The van der Waals surface area contributed by atoms with Crippen LogP contribution in [0.25, 0.3) is 0 Å². The predicted molar refractivity (Wildman–Crippen MR) is 75.0 cm³/mol. The van der Waals surface area contributed by atoms with Crippen LogP contribution in [-0.4, -0.2) is 19.4 Å². The summed E-state index contributed by atoms with van der Waals surface area (Å²) in [5, 5.41) is 0. The predicted octanol–water partition coefficient (Wildman–Crippen LogP) is 1.91. The highest BCUT2D eigenvalue weighted by molar-refractivity contribution is 7.89. The van der Waals surface area contributed by atoms with Gasteiger partial charge >= 0.3 is 0 Å². The molecule has 0 aromatic carbocycles. The van der Waals surface area contributed by atoms with Gasteiger partial charge in [-0.25, -0.2) is 18.1 Å². The summed E-state index contributed by atoms with van der Waals surface area (Å²) in [6.07, 6.45) is 6.52. The Morgan fingerprint density at radius 3 is 2.53 bits per heavy atom. The van der Waals surface area contributed by atoms with Crippen LogP contribution in [0.5, 0.6) is 0 Å². The number of nitrogens with zero attached hydrogens (tertiary/aromatic N) is 1. The highest BCUT2D eigenvalue weighted by Crippen LogP contribution is 2.27. The van der Waals surface area contributed by atoms with Crippen LogP contribution in [0.15, 0.2) is 23.2 Å². The monoisotopic (exact) mass is 283 g/mol. The van der Waals surface area contributed by atoms with Crippen LogP contribution in [-0.2, 0) is 10.0 Å². The lowest BCUT2D eigenvalue weighted by Crippen LogP contribution is -2.37. The summed E-state index contributed by atoms with van der Waals surface area (Å²) in [4.78, 5) is 4.00. The second kappa shape index (κ2) is 5.88. The van der Waals surface area contributed by atoms with Crippen molar-refractivity contribution < 1.29 is 8.42 Å². The second-order valence-corrected chi connectivity index (χ2v) is 6.88. The summed E-state index contributed by atoms with van der Waals surface area (Å²) >= 11 is 0. The van der Waals surface area contributed by atoms with Gasteiger partial charge in [0.25, 0.3) is 0 Å². The second-order valence-electron chi connectivity index (χ2n) is 5.17. The van der Waals surface area contributed by atoms with E-state index >= 15 is 0 Å². The number of sulfonamides is 1. The van der Waals surface area contributed by atoms with E-state index in [2.05, 4.69) is 16.6 Å². The van der Waals surface area contributed by atoms with E-state index in [9.17, 15) is 8.42 Å². The number of anilines is 1. The smallest absolute Gasteiger partial charge is 0.242 e. The van der Waals surface area contributed by atoms with Crippen molar-refractivity contribution in [3.63, 3.8) is 0 Å². The van der Waals surface area contributed by atoms with Gasteiger partial charge in [-0.2, -0.15) is 0 Å². The first-order chi connectivity index (χ1) is 9.01. The average molecular weight is 283 g/mol. The van der Waals surface area contributed by atoms with Crippen molar-refractivity contribution in [3.05, 3.63) is 18.3 Å². The molecule has 3 N–H and O–H groups in total. The Kier molecular flexibility index (Phi) is 4.42. The summed E-state index contributed by atoms with van der Waals surface area (Å²) in [5.74, 6) is 1.07. The maximum absolute atomic E-state index is 12.2. The van der Waals surface area contributed by atoms with Crippen LogP contribution in [0.3, 0.4) is 0 Å². The average Bonchev–Trinajstić information content (AvgIpc) is 2.40. The summed E-state index contributed by atoms with van der Waals surface area (Å²) in [6, 6.07) is 3.04. The van der Waals surface area contributed by atoms with Crippen LogP contribution in [0.2, 0.25) is 0 Å². The van der Waals surface area contributed by atoms with Gasteiger partial charge in [0.15, 0.2) is 0 Å². The lowest BCUT2D eigenvalue weighted by Gasteiger charge is -2.28. The molecule has 0 spiro atoms. The molecule has 0 radical (unpaired) electrons. The molecule has 19 heavy (non-hydrogen) atoms. The van der Waals surface area contributed by atoms with Crippen molar-refractivity contribution in [2.45, 2.75) is 50.0 Å². The molecule has 106 valence electrons. The molecule has 6 heteroatoms. The van der Waals surface area contributed by atoms with Crippen LogP contribution in [0, 0.1) is 5.92 Å². The largest absolute Gasteiger partial charge is 0.384 e. The summed E-state index contributed by atoms with van der Waals surface area (Å²) in [7, 11) is -3.47. The van der Waals surface area contributed by atoms with E-state index in [1.54, 1.807) is 0 Å². The molecule has 1 heterocycles. The maximum Gasteiger partial charge on any atom is 0.242 e. The molecule has 0 aliphatic heterocycles. The third-order valence-electron chi connectivity index (χ3n) is 3.82. The van der Waals surface area contributed by atoms with Crippen LogP contribution in [0.4, 0.5) is 5.82 Å². The number of hydrogen-bond acceptors (Lipinski definition) is 4. The highest BCUT2D eigenvalue weighted by atomic mass is 32.2. The normalized spacial score (nSPS) is 24.3. The quantitative estimate of drug-likeness (QED) is 0.884. The molecule has 1 aliphatic carbocycles. The van der Waals surface area contributed by atoms with Crippen LogP contribution >= 0.6 is 0 Å². The first kappa shape index (κ1) is 14.3. The number of rotatable bonds is 4. The number of nitrogens with two attached hydrogens (primary N) is 1. The third kappa shape index (κ3) is 3.67. The van der Waals surface area contributed by atoms with E-state index in [1.807, 2.05) is 0 Å². The van der Waals surface area contributed by atoms with Gasteiger partial charge in [-0.15, -0.1) is 0 Å². The van der Waals surface area contributed by atoms with E-state index < -0.39 is 10.0 Å². The van der Waals surface area contributed by atoms with Gasteiger partial charge in [-0.05, 0) is 43.7 Å². The van der Waals surface area contributed by atoms with Crippen molar-refractivity contribution >= 4 is 15.8 Å². The van der Waals surface area contributed by atoms with Crippen molar-refractivity contribution in [3.8, 4) is 0 Å². The molecule has 1 aliphatic rings. The molecule has 0 amide bonds. The van der Waals surface area contributed by atoms with E-state index in [1.165, 1.54) is 24.8 Å². The number of hydrogen-bond donors (Lipinski definition) is 2. The molecule has 0 saturated heterocycles. The Morgan fingerprint density at radius 2 is 2.00 bits per heavy atom. The first-order valence-corrected chi connectivity index (χ1v) is 8.23. The van der Waals surface area contributed by atoms with Gasteiger partial charge in [0.05, 0.1) is 0 Å². The zero-order chi connectivity index (χ0) is 13.9. The number of nitrogen functional groups attached to an aromatic ring is 1. The van der Waals surface area contributed by atoms with Crippen molar-refractivity contribution in [2.24, 2.45) is 5.92 Å². The number of nitrogens with one attached hydrogen (secondary N) is 1. The van der Waals surface area contributed by atoms with Crippen molar-refractivity contribution in [2.75, 3.05) is 5.73 Å². The fourth-order valence-corrected chi connectivity index (χ4v) is 3.78. The molecule has 1 fully saturated rings. The summed E-state index contributed by atoms with van der Waals surface area (Å²) < 4.78 is 27.1. The molecule has 1 aromatic rings. The zero-order valence-corrected chi connectivity index (χ0v) is 12.0. The van der Waals surface area contributed by atoms with Crippen molar-refractivity contribution in [1.29, 1.82) is 0 Å².